The fourth-order valence-corrected chi connectivity index (χ4v) is 15.8. The van der Waals surface area contributed by atoms with Gasteiger partial charge in [-0.1, -0.05) is 151 Å². The van der Waals surface area contributed by atoms with Gasteiger partial charge in [-0.05, 0) is 57.5 Å². The molecule has 37 heavy (non-hydrogen) atoms. The molecule has 0 saturated heterocycles. The maximum Gasteiger partial charge on any atom is 0.0753 e. The van der Waals surface area contributed by atoms with Crippen LogP contribution >= 0.6 is 0 Å². The Balaban J connectivity index is 1.60. The van der Waals surface area contributed by atoms with Gasteiger partial charge in [-0.3, -0.25) is 0 Å². The third kappa shape index (κ3) is 5.71. The Bertz CT molecular complexity index is 1160. The highest BCUT2D eigenvalue weighted by Gasteiger charge is 2.51. The molecule has 1 saturated carbocycles. The van der Waals surface area contributed by atoms with Gasteiger partial charge in [0.2, 0.25) is 0 Å². The van der Waals surface area contributed by atoms with E-state index in [4.69, 9.17) is 0 Å². The van der Waals surface area contributed by atoms with Crippen LogP contribution in [0, 0.1) is 11.3 Å². The van der Waals surface area contributed by atoms with Crippen molar-refractivity contribution in [3.8, 4) is 0 Å². The molecule has 3 aliphatic rings. The average molecular weight is 527 g/mol. The summed E-state index contributed by atoms with van der Waals surface area (Å²) >= 11 is 0. The minimum Gasteiger partial charge on any atom is -0.0758 e. The lowest BCUT2D eigenvalue weighted by atomic mass is 9.84. The summed E-state index contributed by atoms with van der Waals surface area (Å²) in [7, 11) is -2.49. The monoisotopic (exact) mass is 526 g/mol. The van der Waals surface area contributed by atoms with Crippen molar-refractivity contribution in [2.45, 2.75) is 109 Å². The molecule has 0 spiro atoms. The number of benzene rings is 2. The van der Waals surface area contributed by atoms with Crippen LogP contribution in [-0.2, 0) is 0 Å². The van der Waals surface area contributed by atoms with Crippen LogP contribution in [0.2, 0.25) is 31.7 Å². The number of hydrogen-bond acceptors (Lipinski definition) is 0. The van der Waals surface area contributed by atoms with E-state index in [-0.39, 0.29) is 0 Å². The van der Waals surface area contributed by atoms with E-state index in [1.54, 1.807) is 27.8 Å². The highest BCUT2D eigenvalue weighted by Crippen LogP contribution is 2.56. The number of rotatable bonds is 8. The predicted octanol–water partition coefficient (Wildman–Crippen LogP) is 10.4. The lowest BCUT2D eigenvalue weighted by Gasteiger charge is -2.45. The van der Waals surface area contributed by atoms with Crippen molar-refractivity contribution >= 4 is 28.5 Å². The van der Waals surface area contributed by atoms with E-state index in [0.717, 1.165) is 5.92 Å². The van der Waals surface area contributed by atoms with Gasteiger partial charge in [-0.2, -0.15) is 0 Å². The molecule has 1 fully saturated rings. The van der Waals surface area contributed by atoms with Gasteiger partial charge in [0.15, 0.2) is 0 Å². The van der Waals surface area contributed by atoms with E-state index >= 15 is 0 Å². The molecule has 3 atom stereocenters. The highest BCUT2D eigenvalue weighted by atomic mass is 28.3. The molecule has 0 heterocycles. The highest BCUT2D eigenvalue weighted by molar-refractivity contribution is 6.83. The molecular formula is C35H50Si2. The van der Waals surface area contributed by atoms with Crippen LogP contribution in [0.25, 0.3) is 11.6 Å². The van der Waals surface area contributed by atoms with Crippen LogP contribution in [0.15, 0.2) is 60.2 Å². The molecule has 5 rings (SSSR count). The Hall–Kier alpha value is -1.65. The molecule has 0 N–H and O–H groups in total. The lowest BCUT2D eigenvalue weighted by Crippen LogP contribution is -2.47. The largest absolute Gasteiger partial charge is 0.0758 e. The first-order valence-electron chi connectivity index (χ1n) is 15.2. The number of hydrogen-bond donors (Lipinski definition) is 0. The van der Waals surface area contributed by atoms with Gasteiger partial charge in [0.25, 0.3) is 0 Å². The quantitative estimate of drug-likeness (QED) is 0.300. The smallest absolute Gasteiger partial charge is 0.0753 e. The predicted molar refractivity (Wildman–Crippen MR) is 170 cm³/mol. The van der Waals surface area contributed by atoms with E-state index in [1.165, 1.54) is 62.6 Å². The lowest BCUT2D eigenvalue weighted by molar-refractivity contribution is 0.365. The van der Waals surface area contributed by atoms with Crippen LogP contribution in [0.5, 0.6) is 0 Å². The normalized spacial score (nSPS) is 23.4. The van der Waals surface area contributed by atoms with E-state index in [2.05, 4.69) is 101 Å². The maximum atomic E-state index is 2.83. The number of fused-ring (bicyclic) bond motifs is 2. The second-order valence-corrected chi connectivity index (χ2v) is 22.4. The fraction of sp³-hybridized carbons (Fsp3) is 0.543. The van der Waals surface area contributed by atoms with Gasteiger partial charge in [0, 0.05) is 14.3 Å². The molecule has 3 aliphatic carbocycles. The van der Waals surface area contributed by atoms with E-state index < -0.39 is 16.9 Å². The third-order valence-corrected chi connectivity index (χ3v) is 16.7. The molecule has 198 valence electrons. The van der Waals surface area contributed by atoms with Gasteiger partial charge >= 0.3 is 0 Å². The molecule has 2 heteroatoms. The van der Waals surface area contributed by atoms with E-state index in [0.29, 0.717) is 16.5 Å². The van der Waals surface area contributed by atoms with Crippen LogP contribution in [0.3, 0.4) is 0 Å². The number of allylic oxidation sites excluding steroid dienone is 3. The Kier molecular flexibility index (Phi) is 7.90. The van der Waals surface area contributed by atoms with Gasteiger partial charge in [0.05, 0.1) is 8.07 Å². The summed E-state index contributed by atoms with van der Waals surface area (Å²) < 4.78 is 0. The van der Waals surface area contributed by atoms with Crippen molar-refractivity contribution in [2.24, 2.45) is 11.3 Å². The first-order valence-corrected chi connectivity index (χ1v) is 21.2. The summed E-state index contributed by atoms with van der Waals surface area (Å²) in [6.07, 6.45) is 15.2. The van der Waals surface area contributed by atoms with Crippen molar-refractivity contribution in [1.29, 1.82) is 0 Å². The molecule has 0 radical (unpaired) electrons. The SMILES string of the molecule is C[SiH](C)CCC1=Cc2ccccc2C1[Si](C)(CC(C)(C)C)C1C=C(CC2CCCCC2)c2ccccc21. The van der Waals surface area contributed by atoms with Crippen LogP contribution in [0.1, 0.15) is 99.1 Å². The molecule has 0 aromatic heterocycles. The summed E-state index contributed by atoms with van der Waals surface area (Å²) in [4.78, 5) is 0. The summed E-state index contributed by atoms with van der Waals surface area (Å²) in [5.41, 5.74) is 11.4. The van der Waals surface area contributed by atoms with Crippen molar-refractivity contribution in [2.75, 3.05) is 0 Å². The summed E-state index contributed by atoms with van der Waals surface area (Å²) in [6, 6.07) is 21.8. The van der Waals surface area contributed by atoms with Gasteiger partial charge in [-0.15, -0.1) is 0 Å². The molecule has 0 nitrogen and oxygen atoms in total. The maximum absolute atomic E-state index is 2.83. The first-order chi connectivity index (χ1) is 17.7. The van der Waals surface area contributed by atoms with Crippen molar-refractivity contribution in [3.63, 3.8) is 0 Å². The zero-order valence-corrected chi connectivity index (χ0v) is 26.6. The molecule has 2 aromatic rings. The molecule has 2 aromatic carbocycles. The Labute approximate surface area is 230 Å². The summed E-state index contributed by atoms with van der Waals surface area (Å²) in [6.45, 7) is 15.3. The van der Waals surface area contributed by atoms with Crippen molar-refractivity contribution in [1.82, 2.24) is 0 Å². The summed E-state index contributed by atoms with van der Waals surface area (Å²) in [5, 5.41) is 0. The van der Waals surface area contributed by atoms with E-state index in [1.807, 2.05) is 0 Å². The van der Waals surface area contributed by atoms with Gasteiger partial charge in [-0.25, -0.2) is 0 Å². The second-order valence-electron chi connectivity index (χ2n) is 14.4. The first kappa shape index (κ1) is 26.9. The topological polar surface area (TPSA) is 0 Å². The van der Waals surface area contributed by atoms with Crippen LogP contribution in [0.4, 0.5) is 0 Å². The molecule has 3 unspecified atom stereocenters. The molecule has 0 aliphatic heterocycles. The molecule has 0 amide bonds. The summed E-state index contributed by atoms with van der Waals surface area (Å²) in [5.74, 6) is 0.890. The zero-order chi connectivity index (χ0) is 26.2. The minimum atomic E-state index is -1.89. The second kappa shape index (κ2) is 10.8. The minimum absolute atomic E-state index is 0.325. The molecule has 0 bridgehead atoms. The Morgan fingerprint density at radius 1 is 0.892 bits per heavy atom. The van der Waals surface area contributed by atoms with Crippen LogP contribution in [-0.4, -0.2) is 16.9 Å². The molecular weight excluding hydrogens is 477 g/mol. The van der Waals surface area contributed by atoms with Crippen molar-refractivity contribution in [3.05, 3.63) is 82.4 Å². The standard InChI is InChI=1S/C35H50Si2/c1-35(2,3)25-37(6,34-28(20-21-36(4)5)23-27-16-10-11-18-31(27)34)33-24-29(22-26-14-8-7-9-15-26)30-17-12-13-19-32(30)33/h10-13,16-19,23-24,26,33-34,36H,7-9,14-15,20-22,25H2,1-6H3. The zero-order valence-electron chi connectivity index (χ0n) is 24.4. The fourth-order valence-electron chi connectivity index (χ4n) is 8.24. The third-order valence-electron chi connectivity index (χ3n) is 9.55. The van der Waals surface area contributed by atoms with Gasteiger partial charge in [0.1, 0.15) is 0 Å². The Morgan fingerprint density at radius 3 is 2.27 bits per heavy atom. The van der Waals surface area contributed by atoms with Crippen molar-refractivity contribution < 1.29 is 0 Å². The van der Waals surface area contributed by atoms with E-state index in [9.17, 15) is 0 Å². The Morgan fingerprint density at radius 2 is 1.57 bits per heavy atom. The average Bonchev–Trinajstić information content (AvgIpc) is 3.42. The van der Waals surface area contributed by atoms with Gasteiger partial charge < -0.3 is 0 Å². The van der Waals surface area contributed by atoms with Crippen LogP contribution < -0.4 is 0 Å².